The van der Waals surface area contributed by atoms with Gasteiger partial charge in [-0.3, -0.25) is 10.3 Å². The Bertz CT molecular complexity index is 1140. The van der Waals surface area contributed by atoms with Gasteiger partial charge in [-0.05, 0) is 54.3 Å². The topological polar surface area (TPSA) is 93.4 Å². The zero-order valence-electron chi connectivity index (χ0n) is 17.5. The Morgan fingerprint density at radius 1 is 1.22 bits per heavy atom. The van der Waals surface area contributed by atoms with Gasteiger partial charge in [0.15, 0.2) is 5.82 Å². The fourth-order valence-corrected chi connectivity index (χ4v) is 3.68. The zero-order valence-corrected chi connectivity index (χ0v) is 17.5. The molecule has 0 bridgehead atoms. The molecule has 0 saturated carbocycles. The number of likely N-dealkylation sites (tertiary alicyclic amines) is 1. The predicted molar refractivity (Wildman–Crippen MR) is 117 cm³/mol. The maximum absolute atomic E-state index is 14.1. The van der Waals surface area contributed by atoms with Crippen molar-refractivity contribution >= 4 is 17.5 Å². The Morgan fingerprint density at radius 2 is 2.03 bits per heavy atom. The van der Waals surface area contributed by atoms with Gasteiger partial charge in [-0.25, -0.2) is 18.6 Å². The van der Waals surface area contributed by atoms with Crippen molar-refractivity contribution in [3.05, 3.63) is 71.6 Å². The second-order valence-electron chi connectivity index (χ2n) is 7.75. The van der Waals surface area contributed by atoms with Gasteiger partial charge in [-0.2, -0.15) is 0 Å². The zero-order chi connectivity index (χ0) is 22.7. The van der Waals surface area contributed by atoms with Gasteiger partial charge in [-0.15, -0.1) is 0 Å². The Morgan fingerprint density at radius 3 is 2.78 bits per heavy atom. The van der Waals surface area contributed by atoms with Gasteiger partial charge in [0.25, 0.3) is 0 Å². The minimum atomic E-state index is -0.741. The lowest BCUT2D eigenvalue weighted by Gasteiger charge is -2.39. The molecule has 0 atom stereocenters. The van der Waals surface area contributed by atoms with Crippen LogP contribution < -0.4 is 11.1 Å². The number of aromatic nitrogens is 2. The van der Waals surface area contributed by atoms with E-state index in [0.717, 1.165) is 29.8 Å². The van der Waals surface area contributed by atoms with Gasteiger partial charge in [0.05, 0.1) is 23.7 Å². The summed E-state index contributed by atoms with van der Waals surface area (Å²) in [4.78, 5) is 22.8. The highest BCUT2D eigenvalue weighted by Gasteiger charge is 2.31. The summed E-state index contributed by atoms with van der Waals surface area (Å²) < 4.78 is 32.4. The van der Waals surface area contributed by atoms with Crippen molar-refractivity contribution < 1.29 is 18.3 Å². The van der Waals surface area contributed by atoms with Gasteiger partial charge in [0.1, 0.15) is 11.6 Å². The Kier molecular flexibility index (Phi) is 6.27. The molecule has 4 rings (SSSR count). The number of benzene rings is 1. The molecule has 9 heteroatoms. The number of anilines is 2. The van der Waals surface area contributed by atoms with Crippen molar-refractivity contribution in [2.24, 2.45) is 5.92 Å². The number of amides is 2. The quantitative estimate of drug-likeness (QED) is 0.609. The van der Waals surface area contributed by atoms with Crippen LogP contribution in [0.1, 0.15) is 11.3 Å². The Balaban J connectivity index is 1.37. The van der Waals surface area contributed by atoms with Crippen LogP contribution in [0.5, 0.6) is 0 Å². The van der Waals surface area contributed by atoms with Crippen molar-refractivity contribution in [2.45, 2.75) is 13.0 Å². The van der Waals surface area contributed by atoms with Gasteiger partial charge >= 0.3 is 6.03 Å². The highest BCUT2D eigenvalue weighted by molar-refractivity contribution is 5.92. The fraction of sp³-hybridized carbons (Fsp3) is 0.261. The maximum atomic E-state index is 14.1. The second kappa shape index (κ2) is 9.27. The highest BCUT2D eigenvalue weighted by atomic mass is 19.1. The molecular formula is C23H23F2N5O2. The van der Waals surface area contributed by atoms with E-state index in [1.54, 1.807) is 18.2 Å². The van der Waals surface area contributed by atoms with Crippen LogP contribution in [0, 0.1) is 17.6 Å². The van der Waals surface area contributed by atoms with Crippen LogP contribution in [-0.2, 0) is 17.8 Å². The van der Waals surface area contributed by atoms with Gasteiger partial charge < -0.3 is 15.4 Å². The van der Waals surface area contributed by atoms with E-state index in [1.165, 1.54) is 18.2 Å². The van der Waals surface area contributed by atoms with E-state index < -0.39 is 11.6 Å². The summed E-state index contributed by atoms with van der Waals surface area (Å²) in [6, 6.07) is 9.93. The van der Waals surface area contributed by atoms with E-state index in [9.17, 15) is 13.6 Å². The molecule has 2 amide bonds. The molecule has 7 nitrogen and oxygen atoms in total. The molecule has 2 aromatic heterocycles. The van der Waals surface area contributed by atoms with E-state index in [2.05, 4.69) is 15.3 Å². The number of halogens is 2. The number of nitrogen functional groups attached to an aromatic ring is 1. The molecule has 0 radical (unpaired) electrons. The molecule has 0 unspecified atom stereocenters. The van der Waals surface area contributed by atoms with Crippen molar-refractivity contribution in [1.29, 1.82) is 0 Å². The van der Waals surface area contributed by atoms with Crippen LogP contribution in [0.3, 0.4) is 0 Å². The number of pyridine rings is 2. The van der Waals surface area contributed by atoms with Crippen LogP contribution in [-0.4, -0.2) is 41.1 Å². The molecule has 1 saturated heterocycles. The summed E-state index contributed by atoms with van der Waals surface area (Å²) in [5.41, 5.74) is 8.59. The normalized spacial score (nSPS) is 13.7. The van der Waals surface area contributed by atoms with Crippen molar-refractivity contribution in [3.63, 3.8) is 0 Å². The molecule has 1 aromatic carbocycles. The number of methoxy groups -OCH3 is 1. The van der Waals surface area contributed by atoms with E-state index in [1.807, 2.05) is 12.1 Å². The number of hydrogen-bond acceptors (Lipinski definition) is 5. The number of carbonyl (C=O) groups excluding carboxylic acids is 1. The van der Waals surface area contributed by atoms with Crippen LogP contribution in [0.25, 0.3) is 11.3 Å². The number of hydrogen-bond donors (Lipinski definition) is 2. The maximum Gasteiger partial charge on any atom is 0.323 e. The number of carbonyl (C=O) groups is 1. The summed E-state index contributed by atoms with van der Waals surface area (Å²) >= 11 is 0. The summed E-state index contributed by atoms with van der Waals surface area (Å²) in [7, 11) is 1.63. The lowest BCUT2D eigenvalue weighted by molar-refractivity contribution is 0.131. The number of ether oxygens (including phenoxy) is 1. The minimum absolute atomic E-state index is 0.121. The molecule has 3 aromatic rings. The van der Waals surface area contributed by atoms with Crippen molar-refractivity contribution in [3.8, 4) is 11.3 Å². The SMILES string of the molecule is COCc1cc(CC2CN(C(=O)Nc3nc(-c4ccc(F)cc4F)ccc3N)C2)ccn1. The number of rotatable bonds is 6. The molecule has 1 aliphatic rings. The lowest BCUT2D eigenvalue weighted by atomic mass is 9.92. The molecule has 1 fully saturated rings. The third-order valence-corrected chi connectivity index (χ3v) is 5.30. The summed E-state index contributed by atoms with van der Waals surface area (Å²) in [5, 5.41) is 2.69. The molecule has 3 heterocycles. The van der Waals surface area contributed by atoms with Crippen LogP contribution in [0.2, 0.25) is 0 Å². The average molecular weight is 439 g/mol. The van der Waals surface area contributed by atoms with Gasteiger partial charge in [0, 0.05) is 38.0 Å². The summed E-state index contributed by atoms with van der Waals surface area (Å²) in [6.07, 6.45) is 2.60. The Labute approximate surface area is 184 Å². The molecule has 0 aliphatic carbocycles. The number of nitrogens with one attached hydrogen (secondary N) is 1. The Hall–Kier alpha value is -3.59. The minimum Gasteiger partial charge on any atom is -0.396 e. The largest absolute Gasteiger partial charge is 0.396 e. The van der Waals surface area contributed by atoms with E-state index >= 15 is 0 Å². The lowest BCUT2D eigenvalue weighted by Crippen LogP contribution is -2.52. The van der Waals surface area contributed by atoms with E-state index in [4.69, 9.17) is 10.5 Å². The van der Waals surface area contributed by atoms with Gasteiger partial charge in [0.2, 0.25) is 0 Å². The van der Waals surface area contributed by atoms with E-state index in [-0.39, 0.29) is 28.8 Å². The smallest absolute Gasteiger partial charge is 0.323 e. The van der Waals surface area contributed by atoms with Crippen LogP contribution in [0.4, 0.5) is 25.1 Å². The molecule has 166 valence electrons. The first kappa shape index (κ1) is 21.6. The first-order valence-electron chi connectivity index (χ1n) is 10.1. The number of nitrogens with zero attached hydrogens (tertiary/aromatic N) is 3. The fourth-order valence-electron chi connectivity index (χ4n) is 3.68. The van der Waals surface area contributed by atoms with Crippen molar-refractivity contribution in [2.75, 3.05) is 31.2 Å². The second-order valence-corrected chi connectivity index (χ2v) is 7.75. The van der Waals surface area contributed by atoms with Crippen LogP contribution >= 0.6 is 0 Å². The predicted octanol–water partition coefficient (Wildman–Crippen LogP) is 3.86. The third kappa shape index (κ3) is 4.83. The monoisotopic (exact) mass is 439 g/mol. The standard InChI is InChI=1S/C23H23F2N5O2/c1-32-13-17-9-14(6-7-27-17)8-15-11-30(12-15)23(31)29-22-20(26)4-5-21(28-22)18-3-2-16(24)10-19(18)25/h2-7,9-10,15H,8,11-13,26H2,1H3,(H,28,29,31). The van der Waals surface area contributed by atoms with E-state index in [0.29, 0.717) is 25.6 Å². The molecule has 3 N–H and O–H groups in total. The average Bonchev–Trinajstić information content (AvgIpc) is 2.73. The van der Waals surface area contributed by atoms with Gasteiger partial charge in [-0.1, -0.05) is 0 Å². The first-order valence-corrected chi connectivity index (χ1v) is 10.1. The van der Waals surface area contributed by atoms with Crippen molar-refractivity contribution in [1.82, 2.24) is 14.9 Å². The summed E-state index contributed by atoms with van der Waals surface area (Å²) in [6.45, 7) is 1.66. The highest BCUT2D eigenvalue weighted by Crippen LogP contribution is 2.27. The molecule has 32 heavy (non-hydrogen) atoms. The number of urea groups is 1. The molecular weight excluding hydrogens is 416 g/mol. The summed E-state index contributed by atoms with van der Waals surface area (Å²) in [5.74, 6) is -0.944. The third-order valence-electron chi connectivity index (χ3n) is 5.30. The first-order chi connectivity index (χ1) is 15.4. The number of nitrogens with two attached hydrogens (primary N) is 1. The van der Waals surface area contributed by atoms with Crippen LogP contribution in [0.15, 0.2) is 48.7 Å². The molecule has 1 aliphatic heterocycles. The molecule has 0 spiro atoms.